The van der Waals surface area contributed by atoms with Gasteiger partial charge in [0.2, 0.25) is 0 Å². The van der Waals surface area contributed by atoms with Gasteiger partial charge < -0.3 is 10.2 Å². The van der Waals surface area contributed by atoms with Crippen LogP contribution in [0.15, 0.2) is 97.1 Å². The van der Waals surface area contributed by atoms with Gasteiger partial charge in [0.25, 0.3) is 0 Å². The Balaban J connectivity index is 1.24. The van der Waals surface area contributed by atoms with Gasteiger partial charge in [-0.3, -0.25) is 0 Å². The van der Waals surface area contributed by atoms with Crippen molar-refractivity contribution in [3.05, 3.63) is 103 Å². The van der Waals surface area contributed by atoms with Crippen LogP contribution in [0.25, 0.3) is 43.6 Å². The van der Waals surface area contributed by atoms with Crippen LogP contribution in [0, 0.1) is 0 Å². The quantitative estimate of drug-likeness (QED) is 0.218. The van der Waals surface area contributed by atoms with Crippen molar-refractivity contribution in [3.63, 3.8) is 0 Å². The Kier molecular flexibility index (Phi) is 4.81. The molecule has 1 fully saturated rings. The Bertz CT molecular complexity index is 1780. The van der Waals surface area contributed by atoms with Gasteiger partial charge in [-0.1, -0.05) is 78.9 Å². The number of carbonyl (C=O) groups excluding carboxylic acids is 1. The first kappa shape index (κ1) is 20.8. The van der Waals surface area contributed by atoms with Gasteiger partial charge in [0.1, 0.15) is 0 Å². The van der Waals surface area contributed by atoms with Crippen molar-refractivity contribution >= 4 is 55.3 Å². The van der Waals surface area contributed by atoms with E-state index in [1.807, 2.05) is 41.3 Å². The SMILES string of the molecule is O=C(Nc1ccc2nc3c4ccccc4c4ccccc4c3nc2c1)N1CC[C@@H](c2ccccc2)C1. The molecule has 174 valence electrons. The first-order chi connectivity index (χ1) is 17.7. The van der Waals surface area contributed by atoms with Crippen LogP contribution in [-0.4, -0.2) is 34.0 Å². The van der Waals surface area contributed by atoms with Crippen LogP contribution < -0.4 is 5.32 Å². The maximum atomic E-state index is 13.0. The van der Waals surface area contributed by atoms with Crippen LogP contribution in [-0.2, 0) is 0 Å². The molecule has 0 spiro atoms. The van der Waals surface area contributed by atoms with E-state index in [2.05, 4.69) is 66.0 Å². The zero-order chi connectivity index (χ0) is 24.1. The lowest BCUT2D eigenvalue weighted by atomic mass is 9.99. The van der Waals surface area contributed by atoms with Crippen molar-refractivity contribution in [1.29, 1.82) is 0 Å². The summed E-state index contributed by atoms with van der Waals surface area (Å²) in [7, 11) is 0. The van der Waals surface area contributed by atoms with Crippen molar-refractivity contribution in [2.24, 2.45) is 0 Å². The van der Waals surface area contributed by atoms with Gasteiger partial charge >= 0.3 is 6.03 Å². The van der Waals surface area contributed by atoms with Crippen LogP contribution >= 0.6 is 0 Å². The molecule has 2 heterocycles. The number of urea groups is 1. The molecule has 5 aromatic carbocycles. The van der Waals surface area contributed by atoms with Gasteiger partial charge in [0, 0.05) is 35.5 Å². The number of fused-ring (bicyclic) bond motifs is 7. The molecule has 2 amide bonds. The first-order valence-corrected chi connectivity index (χ1v) is 12.4. The maximum absolute atomic E-state index is 13.0. The number of anilines is 1. The lowest BCUT2D eigenvalue weighted by Gasteiger charge is -2.18. The second kappa shape index (κ2) is 8.31. The molecule has 5 heteroatoms. The average Bonchev–Trinajstić information content (AvgIpc) is 3.44. The minimum absolute atomic E-state index is 0.0713. The van der Waals surface area contributed by atoms with Crippen molar-refractivity contribution in [1.82, 2.24) is 14.9 Å². The number of hydrogen-bond donors (Lipinski definition) is 1. The van der Waals surface area contributed by atoms with E-state index in [0.717, 1.165) is 58.0 Å². The fraction of sp³-hybridized carbons (Fsp3) is 0.129. The molecule has 1 atom stereocenters. The lowest BCUT2D eigenvalue weighted by molar-refractivity contribution is 0.222. The summed E-state index contributed by atoms with van der Waals surface area (Å²) in [4.78, 5) is 25.0. The van der Waals surface area contributed by atoms with Crippen molar-refractivity contribution in [2.75, 3.05) is 18.4 Å². The third-order valence-electron chi connectivity index (χ3n) is 7.32. The fourth-order valence-corrected chi connectivity index (χ4v) is 5.50. The van der Waals surface area contributed by atoms with Crippen molar-refractivity contribution in [2.45, 2.75) is 12.3 Å². The van der Waals surface area contributed by atoms with Crippen LogP contribution in [0.2, 0.25) is 0 Å². The molecule has 0 bridgehead atoms. The molecule has 36 heavy (non-hydrogen) atoms. The summed E-state index contributed by atoms with van der Waals surface area (Å²) in [5.41, 5.74) is 5.38. The van der Waals surface area contributed by atoms with E-state index in [1.54, 1.807) is 0 Å². The van der Waals surface area contributed by atoms with Gasteiger partial charge in [-0.15, -0.1) is 0 Å². The van der Waals surface area contributed by atoms with E-state index in [9.17, 15) is 4.79 Å². The molecule has 0 unspecified atom stereocenters. The zero-order valence-electron chi connectivity index (χ0n) is 19.7. The summed E-state index contributed by atoms with van der Waals surface area (Å²) in [6.45, 7) is 1.48. The number of nitrogens with one attached hydrogen (secondary N) is 1. The number of benzene rings is 5. The predicted molar refractivity (Wildman–Crippen MR) is 146 cm³/mol. The molecule has 0 radical (unpaired) electrons. The van der Waals surface area contributed by atoms with Gasteiger partial charge in [-0.2, -0.15) is 0 Å². The van der Waals surface area contributed by atoms with Crippen molar-refractivity contribution < 1.29 is 4.79 Å². The number of nitrogens with zero attached hydrogens (tertiary/aromatic N) is 3. The molecule has 6 aromatic rings. The van der Waals surface area contributed by atoms with E-state index in [1.165, 1.54) is 16.3 Å². The van der Waals surface area contributed by atoms with Crippen LogP contribution in [0.1, 0.15) is 17.9 Å². The van der Waals surface area contributed by atoms with E-state index in [0.29, 0.717) is 5.92 Å². The molecule has 1 aliphatic heterocycles. The number of aromatic nitrogens is 2. The number of likely N-dealkylation sites (tertiary alicyclic amines) is 1. The Labute approximate surface area is 208 Å². The highest BCUT2D eigenvalue weighted by molar-refractivity contribution is 6.23. The molecule has 1 aliphatic rings. The molecule has 1 aromatic heterocycles. The van der Waals surface area contributed by atoms with E-state index in [4.69, 9.17) is 9.97 Å². The molecule has 7 rings (SSSR count). The summed E-state index contributed by atoms with van der Waals surface area (Å²) in [6, 6.07) is 32.8. The molecule has 5 nitrogen and oxygen atoms in total. The first-order valence-electron chi connectivity index (χ1n) is 12.4. The number of carbonyl (C=O) groups is 1. The standard InChI is InChI=1S/C31H24N4O/c36-31(35-17-16-21(19-35)20-8-2-1-3-9-20)32-22-14-15-27-28(18-22)34-30-26-13-7-5-11-24(26)23-10-4-6-12-25(23)29(30)33-27/h1-15,18,21H,16-17,19H2,(H,32,36)/t21-/m1/s1. The Morgan fingerprint density at radius 1 is 0.722 bits per heavy atom. The smallest absolute Gasteiger partial charge is 0.321 e. The van der Waals surface area contributed by atoms with Crippen LogP contribution in [0.3, 0.4) is 0 Å². The normalized spacial score (nSPS) is 15.8. The number of hydrogen-bond acceptors (Lipinski definition) is 3. The second-order valence-corrected chi connectivity index (χ2v) is 9.49. The van der Waals surface area contributed by atoms with Gasteiger partial charge in [-0.25, -0.2) is 14.8 Å². The van der Waals surface area contributed by atoms with E-state index >= 15 is 0 Å². The minimum Gasteiger partial charge on any atom is -0.324 e. The monoisotopic (exact) mass is 468 g/mol. The Morgan fingerprint density at radius 2 is 1.33 bits per heavy atom. The average molecular weight is 469 g/mol. The van der Waals surface area contributed by atoms with Crippen molar-refractivity contribution in [3.8, 4) is 0 Å². The molecule has 0 aliphatic carbocycles. The summed E-state index contributed by atoms with van der Waals surface area (Å²) < 4.78 is 0. The summed E-state index contributed by atoms with van der Waals surface area (Å²) in [5, 5.41) is 7.61. The summed E-state index contributed by atoms with van der Waals surface area (Å²) in [5.74, 6) is 0.383. The van der Waals surface area contributed by atoms with E-state index in [-0.39, 0.29) is 6.03 Å². The summed E-state index contributed by atoms with van der Waals surface area (Å²) >= 11 is 0. The zero-order valence-corrected chi connectivity index (χ0v) is 19.7. The molecular formula is C31H24N4O. The summed E-state index contributed by atoms with van der Waals surface area (Å²) in [6.07, 6.45) is 0.980. The lowest BCUT2D eigenvalue weighted by Crippen LogP contribution is -2.32. The highest BCUT2D eigenvalue weighted by Crippen LogP contribution is 2.34. The number of rotatable bonds is 2. The Morgan fingerprint density at radius 3 is 2.03 bits per heavy atom. The number of amides is 2. The molecular weight excluding hydrogens is 444 g/mol. The van der Waals surface area contributed by atoms with Gasteiger partial charge in [-0.05, 0) is 41.0 Å². The highest BCUT2D eigenvalue weighted by Gasteiger charge is 2.27. The molecule has 0 saturated carbocycles. The fourth-order valence-electron chi connectivity index (χ4n) is 5.50. The highest BCUT2D eigenvalue weighted by atomic mass is 16.2. The predicted octanol–water partition coefficient (Wildman–Crippen LogP) is 7.11. The van der Waals surface area contributed by atoms with Gasteiger partial charge in [0.15, 0.2) is 0 Å². The van der Waals surface area contributed by atoms with Crippen LogP contribution in [0.5, 0.6) is 0 Å². The third kappa shape index (κ3) is 3.43. The second-order valence-electron chi connectivity index (χ2n) is 9.49. The maximum Gasteiger partial charge on any atom is 0.321 e. The third-order valence-corrected chi connectivity index (χ3v) is 7.32. The minimum atomic E-state index is -0.0713. The van der Waals surface area contributed by atoms with Gasteiger partial charge in [0.05, 0.1) is 22.1 Å². The topological polar surface area (TPSA) is 58.1 Å². The van der Waals surface area contributed by atoms with E-state index < -0.39 is 0 Å². The molecule has 1 N–H and O–H groups in total. The Hall–Kier alpha value is -4.51. The largest absolute Gasteiger partial charge is 0.324 e. The van der Waals surface area contributed by atoms with Crippen LogP contribution in [0.4, 0.5) is 10.5 Å². The molecule has 1 saturated heterocycles.